The summed E-state index contributed by atoms with van der Waals surface area (Å²) in [5, 5.41) is 13.3. The fraction of sp³-hybridized carbons (Fsp3) is 0.533. The Bertz CT molecular complexity index is 446. The van der Waals surface area contributed by atoms with Crippen LogP contribution in [0, 0.1) is 5.41 Å². The summed E-state index contributed by atoms with van der Waals surface area (Å²) in [7, 11) is 1.51. The third-order valence-electron chi connectivity index (χ3n) is 3.89. The SMILES string of the molecule is COCC(N)C(=O)NCC1(C(O)c2ccccc2)CC1. The summed E-state index contributed by atoms with van der Waals surface area (Å²) < 4.78 is 4.85. The lowest BCUT2D eigenvalue weighted by atomic mass is 9.92. The summed E-state index contributed by atoms with van der Waals surface area (Å²) in [5.41, 5.74) is 6.31. The van der Waals surface area contributed by atoms with Crippen molar-refractivity contribution >= 4 is 5.91 Å². The molecule has 1 saturated carbocycles. The molecule has 110 valence electrons. The van der Waals surface area contributed by atoms with E-state index in [1.807, 2.05) is 30.3 Å². The largest absolute Gasteiger partial charge is 0.388 e. The highest BCUT2D eigenvalue weighted by Crippen LogP contribution is 2.54. The van der Waals surface area contributed by atoms with Gasteiger partial charge in [-0.1, -0.05) is 30.3 Å². The van der Waals surface area contributed by atoms with Crippen molar-refractivity contribution in [1.82, 2.24) is 5.32 Å². The van der Waals surface area contributed by atoms with Crippen LogP contribution < -0.4 is 11.1 Å². The van der Waals surface area contributed by atoms with Gasteiger partial charge >= 0.3 is 0 Å². The Morgan fingerprint density at radius 2 is 2.10 bits per heavy atom. The average molecular weight is 278 g/mol. The highest BCUT2D eigenvalue weighted by Gasteiger charge is 2.49. The van der Waals surface area contributed by atoms with Gasteiger partial charge in [-0.3, -0.25) is 4.79 Å². The Labute approximate surface area is 119 Å². The van der Waals surface area contributed by atoms with Crippen LogP contribution in [0.15, 0.2) is 30.3 Å². The molecule has 20 heavy (non-hydrogen) atoms. The summed E-state index contributed by atoms with van der Waals surface area (Å²) in [6, 6.07) is 8.88. The van der Waals surface area contributed by atoms with Gasteiger partial charge in [0.1, 0.15) is 6.04 Å². The molecule has 4 N–H and O–H groups in total. The quantitative estimate of drug-likeness (QED) is 0.681. The molecule has 0 aromatic heterocycles. The molecular weight excluding hydrogens is 256 g/mol. The molecule has 2 atom stereocenters. The van der Waals surface area contributed by atoms with E-state index < -0.39 is 12.1 Å². The van der Waals surface area contributed by atoms with Crippen molar-refractivity contribution in [3.63, 3.8) is 0 Å². The van der Waals surface area contributed by atoms with Gasteiger partial charge in [0.05, 0.1) is 12.7 Å². The number of nitrogens with one attached hydrogen (secondary N) is 1. The molecule has 1 aliphatic rings. The Hall–Kier alpha value is -1.43. The number of rotatable bonds is 7. The highest BCUT2D eigenvalue weighted by atomic mass is 16.5. The number of benzene rings is 1. The second-order valence-electron chi connectivity index (χ2n) is 5.46. The van der Waals surface area contributed by atoms with Crippen LogP contribution in [0.25, 0.3) is 0 Å². The lowest BCUT2D eigenvalue weighted by molar-refractivity contribution is -0.123. The lowest BCUT2D eigenvalue weighted by Crippen LogP contribution is -2.45. The van der Waals surface area contributed by atoms with Gasteiger partial charge in [-0.2, -0.15) is 0 Å². The van der Waals surface area contributed by atoms with Gasteiger partial charge in [0, 0.05) is 19.1 Å². The first-order chi connectivity index (χ1) is 9.59. The normalized spacial score (nSPS) is 19.1. The van der Waals surface area contributed by atoms with E-state index in [0.29, 0.717) is 6.54 Å². The Balaban J connectivity index is 1.91. The molecule has 1 aromatic carbocycles. The number of hydrogen-bond donors (Lipinski definition) is 3. The monoisotopic (exact) mass is 278 g/mol. The number of aliphatic hydroxyl groups is 1. The van der Waals surface area contributed by atoms with Crippen molar-refractivity contribution in [2.24, 2.45) is 11.1 Å². The van der Waals surface area contributed by atoms with Crippen LogP contribution in [-0.4, -0.2) is 37.3 Å². The first-order valence-corrected chi connectivity index (χ1v) is 6.84. The highest BCUT2D eigenvalue weighted by molar-refractivity contribution is 5.81. The molecule has 0 saturated heterocycles. The molecule has 1 fully saturated rings. The van der Waals surface area contributed by atoms with E-state index >= 15 is 0 Å². The molecule has 5 heteroatoms. The smallest absolute Gasteiger partial charge is 0.239 e. The number of carbonyl (C=O) groups excluding carboxylic acids is 1. The average Bonchev–Trinajstić information content (AvgIpc) is 3.26. The van der Waals surface area contributed by atoms with E-state index in [0.717, 1.165) is 18.4 Å². The third kappa shape index (κ3) is 3.36. The van der Waals surface area contributed by atoms with Gasteiger partial charge < -0.3 is 20.9 Å². The molecule has 0 radical (unpaired) electrons. The Kier molecular flexibility index (Phi) is 4.75. The minimum Gasteiger partial charge on any atom is -0.388 e. The molecular formula is C15H22N2O3. The van der Waals surface area contributed by atoms with Crippen LogP contribution >= 0.6 is 0 Å². The van der Waals surface area contributed by atoms with Crippen molar-refractivity contribution in [2.75, 3.05) is 20.3 Å². The van der Waals surface area contributed by atoms with Crippen LogP contribution in [0.1, 0.15) is 24.5 Å². The van der Waals surface area contributed by atoms with Gasteiger partial charge in [-0.05, 0) is 18.4 Å². The number of amides is 1. The fourth-order valence-corrected chi connectivity index (χ4v) is 2.35. The molecule has 5 nitrogen and oxygen atoms in total. The Morgan fingerprint density at radius 1 is 1.45 bits per heavy atom. The maximum Gasteiger partial charge on any atom is 0.239 e. The number of carbonyl (C=O) groups is 1. The minimum atomic E-state index is -0.662. The summed E-state index contributed by atoms with van der Waals surface area (Å²) in [5.74, 6) is -0.238. The van der Waals surface area contributed by atoms with E-state index in [4.69, 9.17) is 10.5 Å². The maximum atomic E-state index is 11.8. The minimum absolute atomic E-state index is 0.195. The van der Waals surface area contributed by atoms with Crippen molar-refractivity contribution < 1.29 is 14.6 Å². The summed E-state index contributed by atoms with van der Waals surface area (Å²) in [4.78, 5) is 11.8. The van der Waals surface area contributed by atoms with E-state index in [1.165, 1.54) is 7.11 Å². The molecule has 2 rings (SSSR count). The van der Waals surface area contributed by atoms with E-state index in [9.17, 15) is 9.90 Å². The molecule has 0 bridgehead atoms. The molecule has 0 spiro atoms. The number of hydrogen-bond acceptors (Lipinski definition) is 4. The second kappa shape index (κ2) is 6.35. The molecule has 1 amide bonds. The first-order valence-electron chi connectivity index (χ1n) is 6.84. The predicted octanol–water partition coefficient (Wildman–Crippen LogP) is 0.590. The number of aliphatic hydroxyl groups excluding tert-OH is 1. The molecule has 1 aromatic rings. The van der Waals surface area contributed by atoms with Crippen molar-refractivity contribution in [1.29, 1.82) is 0 Å². The van der Waals surface area contributed by atoms with Crippen LogP contribution in [0.2, 0.25) is 0 Å². The van der Waals surface area contributed by atoms with Gasteiger partial charge in [-0.15, -0.1) is 0 Å². The van der Waals surface area contributed by atoms with Crippen LogP contribution in [0.3, 0.4) is 0 Å². The van der Waals surface area contributed by atoms with E-state index in [-0.39, 0.29) is 17.9 Å². The number of nitrogens with two attached hydrogens (primary N) is 1. The standard InChI is InChI=1S/C15H22N2O3/c1-20-9-12(16)14(19)17-10-15(7-8-15)13(18)11-5-3-2-4-6-11/h2-6,12-13,18H,7-10,16H2,1H3,(H,17,19). The van der Waals surface area contributed by atoms with Gasteiger partial charge in [0.2, 0.25) is 5.91 Å². The molecule has 0 heterocycles. The summed E-state index contributed by atoms with van der Waals surface area (Å²) >= 11 is 0. The van der Waals surface area contributed by atoms with Crippen molar-refractivity contribution in [2.45, 2.75) is 25.0 Å². The van der Waals surface area contributed by atoms with Crippen LogP contribution in [-0.2, 0) is 9.53 Å². The van der Waals surface area contributed by atoms with Crippen molar-refractivity contribution in [3.05, 3.63) is 35.9 Å². The Morgan fingerprint density at radius 3 is 2.65 bits per heavy atom. The summed E-state index contributed by atoms with van der Waals surface area (Å²) in [6.45, 7) is 0.638. The zero-order chi connectivity index (χ0) is 14.6. The molecule has 2 unspecified atom stereocenters. The third-order valence-corrected chi connectivity index (χ3v) is 3.89. The predicted molar refractivity (Wildman–Crippen MR) is 75.9 cm³/mol. The van der Waals surface area contributed by atoms with Crippen LogP contribution in [0.5, 0.6) is 0 Å². The topological polar surface area (TPSA) is 84.6 Å². The lowest BCUT2D eigenvalue weighted by Gasteiger charge is -2.23. The van der Waals surface area contributed by atoms with E-state index in [2.05, 4.69) is 5.32 Å². The van der Waals surface area contributed by atoms with Crippen molar-refractivity contribution in [3.8, 4) is 0 Å². The van der Waals surface area contributed by atoms with Crippen LogP contribution in [0.4, 0.5) is 0 Å². The van der Waals surface area contributed by atoms with Gasteiger partial charge in [0.25, 0.3) is 0 Å². The first kappa shape index (κ1) is 15.0. The van der Waals surface area contributed by atoms with Gasteiger partial charge in [0.15, 0.2) is 0 Å². The fourth-order valence-electron chi connectivity index (χ4n) is 2.35. The van der Waals surface area contributed by atoms with Gasteiger partial charge in [-0.25, -0.2) is 0 Å². The molecule has 0 aliphatic heterocycles. The zero-order valence-corrected chi connectivity index (χ0v) is 11.7. The summed E-state index contributed by atoms with van der Waals surface area (Å²) in [6.07, 6.45) is 1.26. The molecule has 1 aliphatic carbocycles. The number of ether oxygens (including phenoxy) is 1. The maximum absolute atomic E-state index is 11.8. The number of methoxy groups -OCH3 is 1. The second-order valence-corrected chi connectivity index (χ2v) is 5.46. The zero-order valence-electron chi connectivity index (χ0n) is 11.7. The van der Waals surface area contributed by atoms with E-state index in [1.54, 1.807) is 0 Å².